The van der Waals surface area contributed by atoms with Crippen molar-refractivity contribution >= 4 is 33.4 Å². The molecule has 40 heavy (non-hydrogen) atoms. The number of nitrogen functional groups attached to an aromatic ring is 1. The number of aliphatic hydroxyl groups is 1. The van der Waals surface area contributed by atoms with Gasteiger partial charge in [-0.3, -0.25) is 4.90 Å². The normalized spacial score (nSPS) is 18.7. The lowest BCUT2D eigenvalue weighted by Gasteiger charge is -2.33. The Hall–Kier alpha value is -3.43. The van der Waals surface area contributed by atoms with Gasteiger partial charge in [0.15, 0.2) is 0 Å². The first-order chi connectivity index (χ1) is 19.4. The Labute approximate surface area is 233 Å². The molecule has 0 unspecified atom stereocenters. The van der Waals surface area contributed by atoms with Crippen LogP contribution in [0, 0.1) is 0 Å². The van der Waals surface area contributed by atoms with Crippen molar-refractivity contribution < 1.29 is 18.3 Å². The molecule has 0 aliphatic carbocycles. The third-order valence-corrected chi connectivity index (χ3v) is 9.50. The SMILES string of the molecule is Nc1ncc(-c2nc(N3CCOCC3)nc3c2CCN3c2ccc(S(=O)(=O)N3CCN(CCO)CC3)cc2)cn1. The number of ether oxygens (including phenoxy) is 1. The zero-order valence-electron chi connectivity index (χ0n) is 22.2. The minimum Gasteiger partial charge on any atom is -0.395 e. The second kappa shape index (κ2) is 11.2. The van der Waals surface area contributed by atoms with Crippen LogP contribution in [0.2, 0.25) is 0 Å². The van der Waals surface area contributed by atoms with E-state index in [1.54, 1.807) is 24.5 Å². The van der Waals surface area contributed by atoms with E-state index in [4.69, 9.17) is 25.5 Å². The van der Waals surface area contributed by atoms with Crippen molar-refractivity contribution in [2.75, 3.05) is 87.7 Å². The molecule has 0 atom stereocenters. The summed E-state index contributed by atoms with van der Waals surface area (Å²) in [4.78, 5) is 24.8. The van der Waals surface area contributed by atoms with Crippen LogP contribution >= 0.6 is 0 Å². The van der Waals surface area contributed by atoms with Gasteiger partial charge in [-0.25, -0.2) is 23.4 Å². The molecule has 0 amide bonds. The van der Waals surface area contributed by atoms with Crippen molar-refractivity contribution in [2.45, 2.75) is 11.3 Å². The number of nitrogens with two attached hydrogens (primary N) is 1. The highest BCUT2D eigenvalue weighted by Crippen LogP contribution is 2.39. The first kappa shape index (κ1) is 26.8. The summed E-state index contributed by atoms with van der Waals surface area (Å²) in [6.45, 7) is 5.93. The second-order valence-corrected chi connectivity index (χ2v) is 11.9. The third-order valence-electron chi connectivity index (χ3n) is 7.59. The number of nitrogens with zero attached hydrogens (tertiary/aromatic N) is 8. The Morgan fingerprint density at radius 2 is 1.62 bits per heavy atom. The number of fused-ring (bicyclic) bond motifs is 1. The van der Waals surface area contributed by atoms with Gasteiger partial charge in [-0.1, -0.05) is 0 Å². The predicted octanol–water partition coefficient (Wildman–Crippen LogP) is 0.345. The predicted molar refractivity (Wildman–Crippen MR) is 150 cm³/mol. The summed E-state index contributed by atoms with van der Waals surface area (Å²) in [7, 11) is -3.61. The summed E-state index contributed by atoms with van der Waals surface area (Å²) in [6, 6.07) is 7.02. The Morgan fingerprint density at radius 3 is 2.30 bits per heavy atom. The molecule has 2 aromatic heterocycles. The monoisotopic (exact) mass is 567 g/mol. The maximum absolute atomic E-state index is 13.3. The quantitative estimate of drug-likeness (QED) is 0.405. The number of aliphatic hydroxyl groups excluding tert-OH is 1. The van der Waals surface area contributed by atoms with E-state index < -0.39 is 10.0 Å². The van der Waals surface area contributed by atoms with E-state index in [2.05, 4.69) is 24.7 Å². The zero-order chi connectivity index (χ0) is 27.7. The van der Waals surface area contributed by atoms with Crippen molar-refractivity contribution in [1.29, 1.82) is 0 Å². The number of anilines is 4. The molecule has 14 heteroatoms. The number of β-amino-alcohol motifs (C(OH)–C–C–N with tert-alkyl or cyclic N) is 1. The highest BCUT2D eigenvalue weighted by Gasteiger charge is 2.31. The van der Waals surface area contributed by atoms with Crippen LogP contribution in [0.3, 0.4) is 0 Å². The lowest BCUT2D eigenvalue weighted by atomic mass is 10.1. The molecule has 3 N–H and O–H groups in total. The number of hydrogen-bond donors (Lipinski definition) is 2. The molecule has 0 bridgehead atoms. The number of morpholine rings is 1. The fraction of sp³-hybridized carbons (Fsp3) is 0.462. The van der Waals surface area contributed by atoms with Crippen molar-refractivity contribution in [3.8, 4) is 11.3 Å². The minimum atomic E-state index is -3.61. The van der Waals surface area contributed by atoms with Gasteiger partial charge >= 0.3 is 0 Å². The number of hydrogen-bond acceptors (Lipinski definition) is 12. The van der Waals surface area contributed by atoms with Crippen molar-refractivity contribution in [3.05, 3.63) is 42.2 Å². The van der Waals surface area contributed by atoms with Crippen LogP contribution in [0.1, 0.15) is 5.56 Å². The maximum Gasteiger partial charge on any atom is 0.243 e. The minimum absolute atomic E-state index is 0.0714. The van der Waals surface area contributed by atoms with Gasteiger partial charge < -0.3 is 25.4 Å². The van der Waals surface area contributed by atoms with E-state index in [0.717, 1.165) is 34.7 Å². The molecular formula is C26H33N9O4S. The molecule has 6 rings (SSSR count). The van der Waals surface area contributed by atoms with Gasteiger partial charge in [0.1, 0.15) is 5.82 Å². The van der Waals surface area contributed by atoms with E-state index >= 15 is 0 Å². The van der Waals surface area contributed by atoms with Crippen LogP contribution in [0.5, 0.6) is 0 Å². The van der Waals surface area contributed by atoms with Crippen molar-refractivity contribution in [2.24, 2.45) is 0 Å². The van der Waals surface area contributed by atoms with E-state index in [1.807, 2.05) is 12.1 Å². The standard InChI is InChI=1S/C26H33N9O4S/c27-25-28-17-19(18-29-25)23-22-5-6-35(24(22)31-26(30-23)33-12-15-39-16-13-33)20-1-3-21(4-2-20)40(37,38)34-9-7-32(8-10-34)11-14-36/h1-4,17-18,36H,5-16H2,(H2,27,28,29). The van der Waals surface area contributed by atoms with E-state index in [1.165, 1.54) is 4.31 Å². The Balaban J connectivity index is 1.29. The van der Waals surface area contributed by atoms with Crippen LogP contribution in [-0.4, -0.2) is 115 Å². The molecule has 212 valence electrons. The van der Waals surface area contributed by atoms with Gasteiger partial charge in [0.25, 0.3) is 0 Å². The summed E-state index contributed by atoms with van der Waals surface area (Å²) >= 11 is 0. The number of piperazine rings is 1. The highest BCUT2D eigenvalue weighted by molar-refractivity contribution is 7.89. The summed E-state index contributed by atoms with van der Waals surface area (Å²) in [6.07, 6.45) is 4.08. The zero-order valence-corrected chi connectivity index (χ0v) is 23.0. The van der Waals surface area contributed by atoms with Gasteiger partial charge in [-0.05, 0) is 30.7 Å². The van der Waals surface area contributed by atoms with Gasteiger partial charge in [0, 0.05) is 81.6 Å². The number of rotatable bonds is 7. The van der Waals surface area contributed by atoms with Gasteiger partial charge in [0.05, 0.1) is 30.4 Å². The fourth-order valence-corrected chi connectivity index (χ4v) is 6.80. The van der Waals surface area contributed by atoms with Crippen LogP contribution in [0.4, 0.5) is 23.4 Å². The molecule has 1 aromatic carbocycles. The largest absolute Gasteiger partial charge is 0.395 e. The molecule has 3 aliphatic rings. The molecule has 0 saturated carbocycles. The molecule has 5 heterocycles. The molecule has 2 saturated heterocycles. The van der Waals surface area contributed by atoms with Gasteiger partial charge in [-0.15, -0.1) is 0 Å². The number of sulfonamides is 1. The molecule has 13 nitrogen and oxygen atoms in total. The molecule has 0 spiro atoms. The average Bonchev–Trinajstić information content (AvgIpc) is 3.42. The third kappa shape index (κ3) is 5.20. The first-order valence-corrected chi connectivity index (χ1v) is 14.9. The average molecular weight is 568 g/mol. The maximum atomic E-state index is 13.3. The second-order valence-electron chi connectivity index (χ2n) is 9.97. The molecule has 0 radical (unpaired) electrons. The molecule has 3 aliphatic heterocycles. The summed E-state index contributed by atoms with van der Waals surface area (Å²) in [5, 5.41) is 9.16. The Kier molecular flexibility index (Phi) is 7.51. The smallest absolute Gasteiger partial charge is 0.243 e. The Morgan fingerprint density at radius 1 is 0.925 bits per heavy atom. The van der Waals surface area contributed by atoms with E-state index in [9.17, 15) is 8.42 Å². The van der Waals surface area contributed by atoms with Crippen LogP contribution < -0.4 is 15.5 Å². The van der Waals surface area contributed by atoms with Crippen molar-refractivity contribution in [3.63, 3.8) is 0 Å². The summed E-state index contributed by atoms with van der Waals surface area (Å²) in [5.41, 5.74) is 9.12. The summed E-state index contributed by atoms with van der Waals surface area (Å²) in [5.74, 6) is 1.60. The van der Waals surface area contributed by atoms with Crippen LogP contribution in [0.15, 0.2) is 41.6 Å². The van der Waals surface area contributed by atoms with Crippen LogP contribution in [0.25, 0.3) is 11.3 Å². The fourth-order valence-electron chi connectivity index (χ4n) is 5.38. The van der Waals surface area contributed by atoms with Crippen LogP contribution in [-0.2, 0) is 21.2 Å². The first-order valence-electron chi connectivity index (χ1n) is 13.5. The number of aromatic nitrogens is 4. The molecular weight excluding hydrogens is 534 g/mol. The van der Waals surface area contributed by atoms with E-state index in [0.29, 0.717) is 71.5 Å². The highest BCUT2D eigenvalue weighted by atomic mass is 32.2. The lowest BCUT2D eigenvalue weighted by Crippen LogP contribution is -2.49. The molecule has 3 aromatic rings. The van der Waals surface area contributed by atoms with Gasteiger partial charge in [0.2, 0.25) is 21.9 Å². The summed E-state index contributed by atoms with van der Waals surface area (Å²) < 4.78 is 33.7. The van der Waals surface area contributed by atoms with Crippen molar-refractivity contribution in [1.82, 2.24) is 29.1 Å². The van der Waals surface area contributed by atoms with Gasteiger partial charge in [-0.2, -0.15) is 9.29 Å². The topological polar surface area (TPSA) is 154 Å². The Bertz CT molecular complexity index is 1440. The van der Waals surface area contributed by atoms with E-state index in [-0.39, 0.29) is 17.5 Å². The molecule has 2 fully saturated rings. The lowest BCUT2D eigenvalue weighted by molar-refractivity contribution is 0.122. The number of benzene rings is 1.